The van der Waals surface area contributed by atoms with Gasteiger partial charge in [-0.05, 0) is 31.4 Å². The maximum atomic E-state index is 13.4. The molecule has 33 heavy (non-hydrogen) atoms. The van der Waals surface area contributed by atoms with E-state index in [1.165, 1.54) is 12.1 Å². The van der Waals surface area contributed by atoms with Gasteiger partial charge < -0.3 is 20.5 Å². The van der Waals surface area contributed by atoms with Crippen LogP contribution in [-0.4, -0.2) is 72.7 Å². The van der Waals surface area contributed by atoms with Crippen molar-refractivity contribution in [3.8, 4) is 5.75 Å². The average Bonchev–Trinajstić information content (AvgIpc) is 2.73. The van der Waals surface area contributed by atoms with E-state index in [2.05, 4.69) is 15.4 Å². The number of ether oxygens (including phenoxy) is 2. The highest BCUT2D eigenvalue weighted by molar-refractivity contribution is 6.30. The van der Waals surface area contributed by atoms with E-state index in [0.29, 0.717) is 0 Å². The molecule has 1 fully saturated rings. The summed E-state index contributed by atoms with van der Waals surface area (Å²) in [6.07, 6.45) is -5.89. The average molecular weight is 500 g/mol. The number of hydrogen-bond donors (Lipinski definition) is 3. The molecule has 2 rings (SSSR count). The Labute approximate surface area is 191 Å². The Kier molecular flexibility index (Phi) is 9.53. The molecule has 1 aliphatic heterocycles. The number of hydrogen-bond acceptors (Lipinski definition) is 5. The topological polar surface area (TPSA) is 117 Å². The van der Waals surface area contributed by atoms with Gasteiger partial charge in [-0.15, -0.1) is 13.2 Å². The van der Waals surface area contributed by atoms with Gasteiger partial charge in [0.1, 0.15) is 17.6 Å². The van der Waals surface area contributed by atoms with Gasteiger partial charge in [0.25, 0.3) is 5.91 Å². The first-order valence-electron chi connectivity index (χ1n) is 9.81. The number of piperidine rings is 1. The second-order valence-corrected chi connectivity index (χ2v) is 7.50. The minimum atomic E-state index is -4.76. The van der Waals surface area contributed by atoms with Gasteiger partial charge in [0.15, 0.2) is 6.61 Å². The number of carbonyl (C=O) groups excluding carboxylic acids is 2. The fourth-order valence-corrected chi connectivity index (χ4v) is 3.26. The van der Waals surface area contributed by atoms with E-state index < -0.39 is 55.4 Å². The molecule has 0 spiro atoms. The third-order valence-electron chi connectivity index (χ3n) is 4.64. The summed E-state index contributed by atoms with van der Waals surface area (Å²) in [5.41, 5.74) is 0. The number of rotatable bonds is 9. The van der Waals surface area contributed by atoms with Crippen LogP contribution in [0.3, 0.4) is 0 Å². The Balaban J connectivity index is 1.79. The molecule has 9 nitrogen and oxygen atoms in total. The first kappa shape index (κ1) is 26.5. The molecule has 3 amide bonds. The maximum absolute atomic E-state index is 13.4. The molecule has 1 aromatic carbocycles. The lowest BCUT2D eigenvalue weighted by molar-refractivity contribution is -0.324. The molecule has 3 N–H and O–H groups in total. The molecule has 0 unspecified atom stereocenters. The van der Waals surface area contributed by atoms with Crippen LogP contribution in [0.1, 0.15) is 19.3 Å². The summed E-state index contributed by atoms with van der Waals surface area (Å²) >= 11 is 5.57. The van der Waals surface area contributed by atoms with Crippen LogP contribution >= 0.6 is 11.6 Å². The van der Waals surface area contributed by atoms with Crippen LogP contribution in [0.15, 0.2) is 18.2 Å². The van der Waals surface area contributed by atoms with Crippen molar-refractivity contribution in [2.24, 2.45) is 0 Å². The summed E-state index contributed by atoms with van der Waals surface area (Å²) in [5.74, 6) is -1.85. The minimum Gasteiger partial charge on any atom is -0.484 e. The van der Waals surface area contributed by atoms with Gasteiger partial charge in [0.05, 0.1) is 11.6 Å². The van der Waals surface area contributed by atoms with E-state index in [0.717, 1.165) is 11.0 Å². The lowest BCUT2D eigenvalue weighted by Gasteiger charge is -2.37. The van der Waals surface area contributed by atoms with Crippen LogP contribution in [0.25, 0.3) is 0 Å². The monoisotopic (exact) mass is 499 g/mol. The highest BCUT2D eigenvalue weighted by Gasteiger charge is 2.36. The summed E-state index contributed by atoms with van der Waals surface area (Å²) in [7, 11) is 0. The zero-order valence-corrected chi connectivity index (χ0v) is 17.9. The highest BCUT2D eigenvalue weighted by Crippen LogP contribution is 2.21. The molecular weight excluding hydrogens is 478 g/mol. The predicted octanol–water partition coefficient (Wildman–Crippen LogP) is 2.53. The fourth-order valence-electron chi connectivity index (χ4n) is 3.15. The summed E-state index contributed by atoms with van der Waals surface area (Å²) in [5, 5.41) is 14.3. The van der Waals surface area contributed by atoms with Crippen molar-refractivity contribution in [1.82, 2.24) is 15.5 Å². The van der Waals surface area contributed by atoms with Gasteiger partial charge in [-0.3, -0.25) is 19.2 Å². The van der Waals surface area contributed by atoms with Gasteiger partial charge in [-0.1, -0.05) is 11.6 Å². The van der Waals surface area contributed by atoms with Gasteiger partial charge >= 0.3 is 12.5 Å². The second-order valence-electron chi connectivity index (χ2n) is 7.10. The van der Waals surface area contributed by atoms with Crippen molar-refractivity contribution in [3.63, 3.8) is 0 Å². The number of alkyl halides is 3. The number of carbonyl (C=O) groups is 3. The number of amides is 3. The fraction of sp³-hybridized carbons (Fsp3) is 0.526. The van der Waals surface area contributed by atoms with Crippen LogP contribution in [0.5, 0.6) is 5.75 Å². The van der Waals surface area contributed by atoms with Crippen molar-refractivity contribution in [2.45, 2.75) is 37.7 Å². The molecule has 2 atom stereocenters. The molecule has 0 bridgehead atoms. The molecule has 1 saturated heterocycles. The van der Waals surface area contributed by atoms with Crippen LogP contribution in [0.2, 0.25) is 5.02 Å². The Morgan fingerprint density at radius 3 is 2.61 bits per heavy atom. The highest BCUT2D eigenvalue weighted by atomic mass is 35.5. The normalized spacial score (nSPS) is 18.5. The van der Waals surface area contributed by atoms with E-state index in [-0.39, 0.29) is 43.1 Å². The number of halogens is 5. The lowest BCUT2D eigenvalue weighted by atomic mass is 9.98. The largest absolute Gasteiger partial charge is 0.522 e. The number of carboxylic acid groups (broad SMARTS) is 1. The third kappa shape index (κ3) is 8.92. The molecule has 184 valence electrons. The van der Waals surface area contributed by atoms with E-state index in [1.807, 2.05) is 0 Å². The summed E-state index contributed by atoms with van der Waals surface area (Å²) in [4.78, 5) is 36.8. The number of nitrogens with zero attached hydrogens (tertiary/aromatic N) is 1. The zero-order chi connectivity index (χ0) is 24.6. The molecule has 0 aliphatic carbocycles. The van der Waals surface area contributed by atoms with E-state index in [1.54, 1.807) is 0 Å². The minimum absolute atomic E-state index is 0.0835. The van der Waals surface area contributed by atoms with Gasteiger partial charge in [0.2, 0.25) is 5.91 Å². The van der Waals surface area contributed by atoms with Gasteiger partial charge in [0, 0.05) is 25.2 Å². The van der Waals surface area contributed by atoms with Crippen molar-refractivity contribution < 1.29 is 46.5 Å². The molecule has 0 radical (unpaired) electrons. The summed E-state index contributed by atoms with van der Waals surface area (Å²) in [6.45, 7) is -1.39. The lowest BCUT2D eigenvalue weighted by Crippen LogP contribution is -2.58. The maximum Gasteiger partial charge on any atom is 0.522 e. The molecular formula is C19H22ClF4N3O6. The van der Waals surface area contributed by atoms with Crippen molar-refractivity contribution in [2.75, 3.05) is 26.3 Å². The van der Waals surface area contributed by atoms with Crippen LogP contribution < -0.4 is 15.4 Å². The SMILES string of the molecule is O=C(COc1ccc(Cl)c(F)c1)N[C@H]1CC[C@H](C(=O)NCCCOC(F)(F)F)N(C(=O)O)C1. The molecule has 0 aromatic heterocycles. The van der Waals surface area contributed by atoms with Crippen molar-refractivity contribution in [3.05, 3.63) is 29.0 Å². The van der Waals surface area contributed by atoms with Crippen LogP contribution in [-0.2, 0) is 14.3 Å². The predicted molar refractivity (Wildman–Crippen MR) is 106 cm³/mol. The standard InChI is InChI=1S/C19H22ClF4N3O6/c20-13-4-3-12(8-14(13)21)32-10-16(28)26-11-2-5-15(27(9-11)18(30)31)17(29)25-6-1-7-33-19(22,23)24/h3-4,8,11,15H,1-2,5-7,9-10H2,(H,25,29)(H,26,28)(H,30,31)/t11-,15+/m0/s1. The Morgan fingerprint density at radius 2 is 1.97 bits per heavy atom. The molecule has 1 aliphatic rings. The molecule has 1 heterocycles. The quantitative estimate of drug-likeness (QED) is 0.355. The third-order valence-corrected chi connectivity index (χ3v) is 4.95. The summed E-state index contributed by atoms with van der Waals surface area (Å²) < 4.78 is 58.0. The second kappa shape index (κ2) is 11.9. The zero-order valence-electron chi connectivity index (χ0n) is 17.2. The Morgan fingerprint density at radius 1 is 1.24 bits per heavy atom. The van der Waals surface area contributed by atoms with E-state index >= 15 is 0 Å². The summed E-state index contributed by atoms with van der Waals surface area (Å²) in [6, 6.07) is 2.02. The first-order valence-corrected chi connectivity index (χ1v) is 10.2. The van der Waals surface area contributed by atoms with Crippen LogP contribution in [0.4, 0.5) is 22.4 Å². The Hall–Kier alpha value is -2.80. The number of nitrogens with one attached hydrogen (secondary N) is 2. The molecule has 1 aromatic rings. The number of likely N-dealkylation sites (tertiary alicyclic amines) is 1. The smallest absolute Gasteiger partial charge is 0.484 e. The van der Waals surface area contributed by atoms with Gasteiger partial charge in [-0.2, -0.15) is 0 Å². The van der Waals surface area contributed by atoms with E-state index in [4.69, 9.17) is 16.3 Å². The van der Waals surface area contributed by atoms with E-state index in [9.17, 15) is 37.1 Å². The molecule has 0 saturated carbocycles. The number of benzene rings is 1. The van der Waals surface area contributed by atoms with Gasteiger partial charge in [-0.25, -0.2) is 9.18 Å². The van der Waals surface area contributed by atoms with Crippen molar-refractivity contribution in [1.29, 1.82) is 0 Å². The first-order chi connectivity index (χ1) is 15.5. The Bertz CT molecular complexity index is 857. The van der Waals surface area contributed by atoms with Crippen molar-refractivity contribution >= 4 is 29.5 Å². The molecule has 14 heteroatoms. The van der Waals surface area contributed by atoms with Crippen LogP contribution in [0, 0.1) is 5.82 Å².